The number of anilines is 2. The molecule has 1 unspecified atom stereocenters. The molecule has 0 bridgehead atoms. The van der Waals surface area contributed by atoms with Crippen LogP contribution in [0.25, 0.3) is 11.1 Å². The minimum absolute atomic E-state index is 0.00436. The van der Waals surface area contributed by atoms with Gasteiger partial charge in [-0.1, -0.05) is 6.07 Å². The third-order valence-electron chi connectivity index (χ3n) is 7.49. The summed E-state index contributed by atoms with van der Waals surface area (Å²) in [4.78, 5) is 23.6. The van der Waals surface area contributed by atoms with Gasteiger partial charge in [-0.15, -0.1) is 0 Å². The highest BCUT2D eigenvalue weighted by Gasteiger charge is 2.43. The monoisotopic (exact) mass is 522 g/mol. The maximum absolute atomic E-state index is 13.7. The van der Waals surface area contributed by atoms with E-state index in [-0.39, 0.29) is 17.5 Å². The Labute approximate surface area is 220 Å². The van der Waals surface area contributed by atoms with Crippen LogP contribution in [0.5, 0.6) is 0 Å². The highest BCUT2D eigenvalue weighted by atomic mass is 19.3. The van der Waals surface area contributed by atoms with Crippen molar-refractivity contribution in [2.24, 2.45) is 5.92 Å². The van der Waals surface area contributed by atoms with Gasteiger partial charge in [-0.05, 0) is 68.7 Å². The molecule has 1 aromatic carbocycles. The van der Waals surface area contributed by atoms with E-state index in [9.17, 15) is 18.7 Å². The van der Waals surface area contributed by atoms with Crippen molar-refractivity contribution in [3.05, 3.63) is 71.3 Å². The molecule has 4 heterocycles. The molecule has 2 aromatic heterocycles. The van der Waals surface area contributed by atoms with Crippen molar-refractivity contribution in [3.63, 3.8) is 0 Å². The van der Waals surface area contributed by atoms with Crippen molar-refractivity contribution in [1.82, 2.24) is 9.97 Å². The zero-order chi connectivity index (χ0) is 27.2. The Morgan fingerprint density at radius 2 is 1.95 bits per heavy atom. The number of rotatable bonds is 5. The standard InChI is InChI=1S/C29H32F2N4O3/c1-17-5-6-20(34-27(36)18-7-8-32-26(12-18)29(4,30)31)13-21(17)19-11-24-23(33-15-19)14-22(28(2,3)37)25-16-38-10-9-35(24)25/h5-8,11-13,15,22,25,37H,9-10,14,16H2,1-4H3,(H,34,36)/t22?,25-/m0/s1. The number of pyridine rings is 2. The summed E-state index contributed by atoms with van der Waals surface area (Å²) in [5, 5.41) is 13.6. The second kappa shape index (κ2) is 9.71. The van der Waals surface area contributed by atoms with E-state index < -0.39 is 23.1 Å². The largest absolute Gasteiger partial charge is 0.390 e. The van der Waals surface area contributed by atoms with Gasteiger partial charge in [-0.2, -0.15) is 8.78 Å². The third-order valence-corrected chi connectivity index (χ3v) is 7.49. The van der Waals surface area contributed by atoms with Crippen LogP contribution >= 0.6 is 0 Å². The number of nitrogens with zero attached hydrogens (tertiary/aromatic N) is 3. The zero-order valence-electron chi connectivity index (χ0n) is 22.0. The first-order chi connectivity index (χ1) is 17.9. The molecule has 2 N–H and O–H groups in total. The molecule has 2 atom stereocenters. The second-order valence-corrected chi connectivity index (χ2v) is 10.8. The van der Waals surface area contributed by atoms with Crippen LogP contribution in [0.15, 0.2) is 48.8 Å². The first-order valence-electron chi connectivity index (χ1n) is 12.7. The van der Waals surface area contributed by atoms with Crippen LogP contribution in [-0.2, 0) is 17.1 Å². The van der Waals surface area contributed by atoms with Gasteiger partial charge >= 0.3 is 0 Å². The van der Waals surface area contributed by atoms with E-state index in [0.29, 0.717) is 25.3 Å². The number of halogens is 2. The predicted octanol–water partition coefficient (Wildman–Crippen LogP) is 4.96. The van der Waals surface area contributed by atoms with E-state index in [4.69, 9.17) is 9.72 Å². The van der Waals surface area contributed by atoms with Gasteiger partial charge in [0.15, 0.2) is 0 Å². The van der Waals surface area contributed by atoms with Crippen LogP contribution in [0.4, 0.5) is 20.2 Å². The van der Waals surface area contributed by atoms with E-state index in [0.717, 1.165) is 47.6 Å². The molecule has 0 aliphatic carbocycles. The number of benzene rings is 1. The molecule has 1 amide bonds. The lowest BCUT2D eigenvalue weighted by molar-refractivity contribution is -0.0275. The second-order valence-electron chi connectivity index (χ2n) is 10.8. The molecular weight excluding hydrogens is 490 g/mol. The smallest absolute Gasteiger partial charge is 0.286 e. The minimum Gasteiger partial charge on any atom is -0.390 e. The number of hydrogen-bond donors (Lipinski definition) is 2. The summed E-state index contributed by atoms with van der Waals surface area (Å²) in [6, 6.07) is 10.3. The maximum Gasteiger partial charge on any atom is 0.286 e. The summed E-state index contributed by atoms with van der Waals surface area (Å²) < 4.78 is 33.2. The number of nitrogens with one attached hydrogen (secondary N) is 1. The number of ether oxygens (including phenoxy) is 1. The predicted molar refractivity (Wildman–Crippen MR) is 142 cm³/mol. The summed E-state index contributed by atoms with van der Waals surface area (Å²) >= 11 is 0. The van der Waals surface area contributed by atoms with Crippen LogP contribution in [0.1, 0.15) is 48.1 Å². The first kappa shape index (κ1) is 26.2. The van der Waals surface area contributed by atoms with Gasteiger partial charge in [-0.25, -0.2) is 0 Å². The first-order valence-corrected chi connectivity index (χ1v) is 12.7. The third kappa shape index (κ3) is 5.13. The number of carbonyl (C=O) groups is 1. The van der Waals surface area contributed by atoms with E-state index in [1.165, 1.54) is 12.3 Å². The molecule has 1 fully saturated rings. The summed E-state index contributed by atoms with van der Waals surface area (Å²) in [6.07, 6.45) is 3.69. The Kier molecular flexibility index (Phi) is 6.69. The number of aromatic nitrogens is 2. The van der Waals surface area contributed by atoms with Gasteiger partial charge in [0.05, 0.1) is 36.2 Å². The lowest BCUT2D eigenvalue weighted by atomic mass is 9.77. The molecule has 0 radical (unpaired) electrons. The lowest BCUT2D eigenvalue weighted by Crippen LogP contribution is -2.58. The van der Waals surface area contributed by atoms with Gasteiger partial charge in [0, 0.05) is 48.6 Å². The molecule has 2 aliphatic heterocycles. The fourth-order valence-electron chi connectivity index (χ4n) is 5.38. The van der Waals surface area contributed by atoms with Gasteiger partial charge < -0.3 is 20.1 Å². The van der Waals surface area contributed by atoms with Gasteiger partial charge in [-0.3, -0.25) is 14.8 Å². The average molecular weight is 523 g/mol. The van der Waals surface area contributed by atoms with Crippen molar-refractivity contribution < 1.29 is 23.4 Å². The number of aryl methyl sites for hydroxylation is 1. The van der Waals surface area contributed by atoms with Crippen LogP contribution < -0.4 is 10.2 Å². The fraction of sp³-hybridized carbons (Fsp3) is 0.414. The Morgan fingerprint density at radius 1 is 1.16 bits per heavy atom. The highest BCUT2D eigenvalue weighted by molar-refractivity contribution is 6.04. The SMILES string of the molecule is Cc1ccc(NC(=O)c2ccnc(C(C)(F)F)c2)cc1-c1cnc2c(c1)N1CCOC[C@H]1C(C(C)(C)O)C2. The van der Waals surface area contributed by atoms with Crippen molar-refractivity contribution in [2.45, 2.75) is 51.7 Å². The molecule has 2 aliphatic rings. The number of amides is 1. The van der Waals surface area contributed by atoms with E-state index in [2.05, 4.69) is 21.3 Å². The Morgan fingerprint density at radius 3 is 2.68 bits per heavy atom. The van der Waals surface area contributed by atoms with Crippen LogP contribution in [0.2, 0.25) is 0 Å². The Balaban J connectivity index is 1.44. The number of fused-ring (bicyclic) bond motifs is 3. The van der Waals surface area contributed by atoms with Crippen LogP contribution in [0, 0.1) is 12.8 Å². The summed E-state index contributed by atoms with van der Waals surface area (Å²) in [6.45, 7) is 8.30. The van der Waals surface area contributed by atoms with E-state index in [1.807, 2.05) is 39.1 Å². The van der Waals surface area contributed by atoms with Gasteiger partial charge in [0.25, 0.3) is 11.8 Å². The van der Waals surface area contributed by atoms with Gasteiger partial charge in [0.2, 0.25) is 0 Å². The molecule has 200 valence electrons. The molecule has 5 rings (SSSR count). The number of aliphatic hydroxyl groups is 1. The Hall–Kier alpha value is -3.43. The minimum atomic E-state index is -3.14. The number of morpholine rings is 1. The molecule has 7 nitrogen and oxygen atoms in total. The number of alkyl halides is 2. The van der Waals surface area contributed by atoms with Crippen LogP contribution in [-0.4, -0.2) is 52.4 Å². The molecule has 3 aromatic rings. The molecule has 1 saturated heterocycles. The Bertz CT molecular complexity index is 1370. The summed E-state index contributed by atoms with van der Waals surface area (Å²) in [5.74, 6) is -3.64. The van der Waals surface area contributed by atoms with Crippen molar-refractivity contribution >= 4 is 17.3 Å². The van der Waals surface area contributed by atoms with Crippen molar-refractivity contribution in [3.8, 4) is 11.1 Å². The number of hydrogen-bond acceptors (Lipinski definition) is 6. The zero-order valence-corrected chi connectivity index (χ0v) is 22.0. The lowest BCUT2D eigenvalue weighted by Gasteiger charge is -2.49. The molecule has 38 heavy (non-hydrogen) atoms. The topological polar surface area (TPSA) is 87.6 Å². The average Bonchev–Trinajstić information content (AvgIpc) is 2.88. The van der Waals surface area contributed by atoms with E-state index >= 15 is 0 Å². The molecule has 0 spiro atoms. The number of carbonyl (C=O) groups excluding carboxylic acids is 1. The summed E-state index contributed by atoms with van der Waals surface area (Å²) in [5.41, 5.74) is 4.12. The van der Waals surface area contributed by atoms with Gasteiger partial charge in [0.1, 0.15) is 5.69 Å². The van der Waals surface area contributed by atoms with Crippen molar-refractivity contribution in [2.75, 3.05) is 30.0 Å². The normalized spacial score (nSPS) is 19.5. The maximum atomic E-state index is 13.7. The quantitative estimate of drug-likeness (QED) is 0.492. The van der Waals surface area contributed by atoms with Crippen LogP contribution in [0.3, 0.4) is 0 Å². The summed E-state index contributed by atoms with van der Waals surface area (Å²) in [7, 11) is 0. The van der Waals surface area contributed by atoms with E-state index in [1.54, 1.807) is 6.07 Å². The molecular formula is C29H32F2N4O3. The fourth-order valence-corrected chi connectivity index (χ4v) is 5.38. The van der Waals surface area contributed by atoms with Crippen molar-refractivity contribution in [1.29, 1.82) is 0 Å². The molecule has 9 heteroatoms. The molecule has 0 saturated carbocycles. The highest BCUT2D eigenvalue weighted by Crippen LogP contribution is 2.41.